The normalized spacial score (nSPS) is 11.5. The van der Waals surface area contributed by atoms with Crippen molar-refractivity contribution in [3.05, 3.63) is 102 Å². The largest absolute Gasteiger partial charge is 0.573 e. The van der Waals surface area contributed by atoms with Crippen molar-refractivity contribution in [2.45, 2.75) is 32.6 Å². The second-order valence-electron chi connectivity index (χ2n) is 9.82. The predicted molar refractivity (Wildman–Crippen MR) is 154 cm³/mol. The van der Waals surface area contributed by atoms with Crippen molar-refractivity contribution in [2.75, 3.05) is 11.9 Å². The lowest BCUT2D eigenvalue weighted by atomic mass is 9.94. The molecule has 0 aromatic heterocycles. The summed E-state index contributed by atoms with van der Waals surface area (Å²) < 4.78 is 86.3. The number of carboxylic acids is 1. The summed E-state index contributed by atoms with van der Waals surface area (Å²) in [6.45, 7) is 1.79. The summed E-state index contributed by atoms with van der Waals surface area (Å²) in [5.74, 6) is -1.52. The molecule has 3 N–H and O–H groups in total. The number of anilines is 1. The van der Waals surface area contributed by atoms with E-state index in [9.17, 15) is 35.9 Å². The van der Waals surface area contributed by atoms with Crippen LogP contribution in [0.1, 0.15) is 27.9 Å². The van der Waals surface area contributed by atoms with Crippen LogP contribution in [-0.2, 0) is 11.4 Å². The van der Waals surface area contributed by atoms with Gasteiger partial charge in [-0.25, -0.2) is 0 Å². The summed E-state index contributed by atoms with van der Waals surface area (Å²) in [7, 11) is 0. The quantitative estimate of drug-likeness (QED) is 0.115. The Morgan fingerprint density at radius 2 is 1.40 bits per heavy atom. The zero-order valence-corrected chi connectivity index (χ0v) is 23.6. The Balaban J connectivity index is 1.61. The first-order chi connectivity index (χ1) is 21.2. The summed E-state index contributed by atoms with van der Waals surface area (Å²) in [6.07, 6.45) is -9.66. The second-order valence-corrected chi connectivity index (χ2v) is 9.82. The number of aliphatic carboxylic acids is 1. The molecule has 0 heterocycles. The average molecular weight is 633 g/mol. The lowest BCUT2D eigenvalue weighted by Crippen LogP contribution is -2.25. The van der Waals surface area contributed by atoms with Gasteiger partial charge in [0.2, 0.25) is 0 Å². The molecule has 0 unspecified atom stereocenters. The van der Waals surface area contributed by atoms with E-state index in [-0.39, 0.29) is 31.0 Å². The standard InChI is InChI=1S/C32H26F6N2O5/c1-19-16-27(22-6-10-24(11-7-22)40-31(33,34)35)28(17-26(19)21-8-12-25(13-9-21)45-32(36,37)38)44-18-20-2-4-23(5-3-20)30(43)39-15-14-29(41)42/h2-13,16-17,40H,14-15,18H2,1H3,(H,39,43)(H,41,42). The van der Waals surface area contributed by atoms with Crippen LogP contribution in [0.2, 0.25) is 0 Å². The van der Waals surface area contributed by atoms with Crippen molar-refractivity contribution in [3.63, 3.8) is 0 Å². The number of alkyl halides is 6. The molecule has 1 amide bonds. The Labute approximate surface area is 253 Å². The topological polar surface area (TPSA) is 96.9 Å². The Kier molecular flexibility index (Phi) is 9.90. The van der Waals surface area contributed by atoms with Gasteiger partial charge in [0, 0.05) is 23.4 Å². The average Bonchev–Trinajstić information content (AvgIpc) is 2.96. The maximum absolute atomic E-state index is 12.8. The summed E-state index contributed by atoms with van der Waals surface area (Å²) in [5, 5.41) is 12.7. The van der Waals surface area contributed by atoms with Crippen molar-refractivity contribution >= 4 is 17.6 Å². The molecule has 4 aromatic rings. The number of aryl methyl sites for hydroxylation is 1. The number of carbonyl (C=O) groups excluding carboxylic acids is 1. The summed E-state index contributed by atoms with van der Waals surface area (Å²) in [6, 6.07) is 20.7. The van der Waals surface area contributed by atoms with E-state index in [4.69, 9.17) is 9.84 Å². The summed E-state index contributed by atoms with van der Waals surface area (Å²) in [5.41, 5.74) is 3.86. The van der Waals surface area contributed by atoms with Crippen molar-refractivity contribution in [3.8, 4) is 33.8 Å². The van der Waals surface area contributed by atoms with E-state index in [1.54, 1.807) is 43.3 Å². The minimum atomic E-state index is -4.84. The van der Waals surface area contributed by atoms with Gasteiger partial charge in [0.25, 0.3) is 5.91 Å². The minimum absolute atomic E-state index is 0.0249. The number of ether oxygens (including phenoxy) is 2. The Morgan fingerprint density at radius 3 is 1.98 bits per heavy atom. The van der Waals surface area contributed by atoms with Crippen molar-refractivity contribution in [1.82, 2.24) is 5.32 Å². The molecule has 0 atom stereocenters. The number of carbonyl (C=O) groups is 2. The zero-order chi connectivity index (χ0) is 32.8. The SMILES string of the molecule is Cc1cc(-c2ccc(NC(F)(F)F)cc2)c(OCc2ccc(C(=O)NCCC(=O)O)cc2)cc1-c1ccc(OC(F)(F)F)cc1. The fraction of sp³-hybridized carbons (Fsp3) is 0.188. The zero-order valence-electron chi connectivity index (χ0n) is 23.6. The van der Waals surface area contributed by atoms with Crippen LogP contribution in [0, 0.1) is 6.92 Å². The summed E-state index contributed by atoms with van der Waals surface area (Å²) >= 11 is 0. The molecule has 0 aliphatic rings. The third kappa shape index (κ3) is 9.65. The molecular weight excluding hydrogens is 606 g/mol. The van der Waals surface area contributed by atoms with E-state index < -0.39 is 24.5 Å². The smallest absolute Gasteiger partial charge is 0.488 e. The van der Waals surface area contributed by atoms with E-state index in [2.05, 4.69) is 10.1 Å². The van der Waals surface area contributed by atoms with Crippen LogP contribution in [0.25, 0.3) is 22.3 Å². The van der Waals surface area contributed by atoms with Crippen LogP contribution in [0.15, 0.2) is 84.9 Å². The number of hydrogen-bond donors (Lipinski definition) is 3. The number of hydrogen-bond acceptors (Lipinski definition) is 5. The van der Waals surface area contributed by atoms with Crippen molar-refractivity contribution < 1.29 is 50.5 Å². The molecule has 4 aromatic carbocycles. The summed E-state index contributed by atoms with van der Waals surface area (Å²) in [4.78, 5) is 22.9. The van der Waals surface area contributed by atoms with Crippen LogP contribution in [0.5, 0.6) is 11.5 Å². The first-order valence-electron chi connectivity index (χ1n) is 13.3. The molecule has 0 saturated heterocycles. The fourth-order valence-corrected chi connectivity index (χ4v) is 4.38. The highest BCUT2D eigenvalue weighted by molar-refractivity contribution is 5.94. The van der Waals surface area contributed by atoms with Gasteiger partial charge in [-0.05, 0) is 83.3 Å². The van der Waals surface area contributed by atoms with E-state index >= 15 is 0 Å². The first kappa shape index (κ1) is 32.7. The number of amides is 1. The highest BCUT2D eigenvalue weighted by Crippen LogP contribution is 2.38. The van der Waals surface area contributed by atoms with Gasteiger partial charge in [-0.2, -0.15) is 13.2 Å². The van der Waals surface area contributed by atoms with Gasteiger partial charge in [0.05, 0.1) is 6.42 Å². The van der Waals surface area contributed by atoms with Gasteiger partial charge >= 0.3 is 18.6 Å². The molecule has 13 heteroatoms. The molecule has 0 aliphatic heterocycles. The lowest BCUT2D eigenvalue weighted by Gasteiger charge is -2.17. The molecule has 4 rings (SSSR count). The Bertz CT molecular complexity index is 1640. The number of carboxylic acid groups (broad SMARTS) is 1. The van der Waals surface area contributed by atoms with Gasteiger partial charge in [-0.1, -0.05) is 36.4 Å². The minimum Gasteiger partial charge on any atom is -0.488 e. The molecule has 7 nitrogen and oxygen atoms in total. The highest BCUT2D eigenvalue weighted by atomic mass is 19.4. The second kappa shape index (κ2) is 13.6. The number of rotatable bonds is 11. The number of benzene rings is 4. The third-order valence-electron chi connectivity index (χ3n) is 6.44. The van der Waals surface area contributed by atoms with Gasteiger partial charge in [0.15, 0.2) is 0 Å². The van der Waals surface area contributed by atoms with Crippen LogP contribution >= 0.6 is 0 Å². The van der Waals surface area contributed by atoms with E-state index in [1.807, 2.05) is 0 Å². The van der Waals surface area contributed by atoms with Crippen molar-refractivity contribution in [2.24, 2.45) is 0 Å². The number of nitrogens with one attached hydrogen (secondary N) is 2. The van der Waals surface area contributed by atoms with Crippen LogP contribution < -0.4 is 20.1 Å². The van der Waals surface area contributed by atoms with Gasteiger partial charge < -0.3 is 19.9 Å². The molecule has 45 heavy (non-hydrogen) atoms. The molecule has 0 fully saturated rings. The fourth-order valence-electron chi connectivity index (χ4n) is 4.38. The first-order valence-corrected chi connectivity index (χ1v) is 13.3. The maximum atomic E-state index is 12.8. The molecule has 0 spiro atoms. The molecular formula is C32H26F6N2O5. The van der Waals surface area contributed by atoms with Crippen LogP contribution in [-0.4, -0.2) is 36.2 Å². The van der Waals surface area contributed by atoms with E-state index in [0.717, 1.165) is 5.56 Å². The molecule has 0 radical (unpaired) electrons. The van der Waals surface area contributed by atoms with Gasteiger partial charge in [0.1, 0.15) is 18.1 Å². The number of halogens is 6. The third-order valence-corrected chi connectivity index (χ3v) is 6.44. The van der Waals surface area contributed by atoms with Crippen LogP contribution in [0.4, 0.5) is 32.0 Å². The van der Waals surface area contributed by atoms with Gasteiger partial charge in [-0.3, -0.25) is 14.9 Å². The molecule has 0 bridgehead atoms. The maximum Gasteiger partial charge on any atom is 0.573 e. The predicted octanol–water partition coefficient (Wildman–Crippen LogP) is 7.94. The Morgan fingerprint density at radius 1 is 0.800 bits per heavy atom. The van der Waals surface area contributed by atoms with Crippen LogP contribution in [0.3, 0.4) is 0 Å². The van der Waals surface area contributed by atoms with Crippen molar-refractivity contribution in [1.29, 1.82) is 0 Å². The monoisotopic (exact) mass is 632 g/mol. The van der Waals surface area contributed by atoms with E-state index in [0.29, 0.717) is 39.1 Å². The molecule has 0 aliphatic carbocycles. The Hall–Kier alpha value is -5.20. The van der Waals surface area contributed by atoms with Gasteiger partial charge in [-0.15, -0.1) is 13.2 Å². The van der Waals surface area contributed by atoms with E-state index in [1.165, 1.54) is 53.8 Å². The lowest BCUT2D eigenvalue weighted by molar-refractivity contribution is -0.274. The highest BCUT2D eigenvalue weighted by Gasteiger charge is 2.31. The molecule has 0 saturated carbocycles. The molecule has 236 valence electrons.